The standard InChI is InChI=1S/C15H28N2O4/c1-5-15(20-10-7-12(16)18)8-6-9-17(11-15)13(19)21-14(2,3)4/h5-11H2,1-4H3,(H2,16,18). The molecule has 2 amide bonds. The number of rotatable bonds is 5. The molecule has 0 aliphatic carbocycles. The van der Waals surface area contributed by atoms with E-state index in [-0.39, 0.29) is 18.4 Å². The van der Waals surface area contributed by atoms with Crippen molar-refractivity contribution in [2.75, 3.05) is 19.7 Å². The molecule has 1 saturated heterocycles. The van der Waals surface area contributed by atoms with E-state index in [0.717, 1.165) is 19.3 Å². The maximum atomic E-state index is 12.2. The normalized spacial score (nSPS) is 23.0. The molecule has 0 radical (unpaired) electrons. The van der Waals surface area contributed by atoms with E-state index in [2.05, 4.69) is 0 Å². The number of likely N-dealkylation sites (tertiary alicyclic amines) is 1. The summed E-state index contributed by atoms with van der Waals surface area (Å²) in [6.45, 7) is 9.06. The average molecular weight is 300 g/mol. The first-order chi connectivity index (χ1) is 9.67. The molecule has 0 spiro atoms. The zero-order chi connectivity index (χ0) is 16.1. The van der Waals surface area contributed by atoms with Crippen molar-refractivity contribution in [2.45, 2.75) is 64.6 Å². The quantitative estimate of drug-likeness (QED) is 0.842. The van der Waals surface area contributed by atoms with Crippen molar-refractivity contribution >= 4 is 12.0 Å². The monoisotopic (exact) mass is 300 g/mol. The Morgan fingerprint density at radius 2 is 2.00 bits per heavy atom. The third-order valence-electron chi connectivity index (χ3n) is 3.59. The molecule has 1 fully saturated rings. The van der Waals surface area contributed by atoms with Gasteiger partial charge in [-0.25, -0.2) is 4.79 Å². The zero-order valence-electron chi connectivity index (χ0n) is 13.6. The second-order valence-corrected chi connectivity index (χ2v) is 6.61. The van der Waals surface area contributed by atoms with Gasteiger partial charge in [-0.05, 0) is 40.0 Å². The molecule has 6 heteroatoms. The first kappa shape index (κ1) is 17.8. The molecule has 0 saturated carbocycles. The molecular weight excluding hydrogens is 272 g/mol. The predicted octanol–water partition coefficient (Wildman–Crippen LogP) is 2.06. The van der Waals surface area contributed by atoms with Gasteiger partial charge in [0.25, 0.3) is 0 Å². The number of ether oxygens (including phenoxy) is 2. The number of amides is 2. The molecule has 6 nitrogen and oxygen atoms in total. The Balaban J connectivity index is 2.62. The average Bonchev–Trinajstić information content (AvgIpc) is 2.36. The minimum Gasteiger partial charge on any atom is -0.444 e. The van der Waals surface area contributed by atoms with Gasteiger partial charge >= 0.3 is 6.09 Å². The van der Waals surface area contributed by atoms with Crippen LogP contribution in [-0.2, 0) is 14.3 Å². The number of carbonyl (C=O) groups excluding carboxylic acids is 2. The molecule has 1 atom stereocenters. The number of nitrogens with two attached hydrogens (primary N) is 1. The third kappa shape index (κ3) is 5.91. The molecule has 0 aromatic rings. The molecule has 1 unspecified atom stereocenters. The van der Waals surface area contributed by atoms with Crippen LogP contribution in [0.5, 0.6) is 0 Å². The highest BCUT2D eigenvalue weighted by Crippen LogP contribution is 2.29. The van der Waals surface area contributed by atoms with Gasteiger partial charge in [0.1, 0.15) is 5.60 Å². The van der Waals surface area contributed by atoms with E-state index >= 15 is 0 Å². The Bertz CT molecular complexity index is 378. The maximum Gasteiger partial charge on any atom is 0.410 e. The fourth-order valence-electron chi connectivity index (χ4n) is 2.46. The smallest absolute Gasteiger partial charge is 0.410 e. The van der Waals surface area contributed by atoms with Crippen molar-refractivity contribution in [1.29, 1.82) is 0 Å². The summed E-state index contributed by atoms with van der Waals surface area (Å²) in [7, 11) is 0. The van der Waals surface area contributed by atoms with Gasteiger partial charge in [-0.15, -0.1) is 0 Å². The van der Waals surface area contributed by atoms with E-state index in [0.29, 0.717) is 19.7 Å². The van der Waals surface area contributed by atoms with Crippen LogP contribution >= 0.6 is 0 Å². The number of piperidine rings is 1. The van der Waals surface area contributed by atoms with Gasteiger partial charge in [-0.2, -0.15) is 0 Å². The predicted molar refractivity (Wildman–Crippen MR) is 79.8 cm³/mol. The first-order valence-electron chi connectivity index (χ1n) is 7.58. The minimum atomic E-state index is -0.504. The van der Waals surface area contributed by atoms with Crippen molar-refractivity contribution in [3.8, 4) is 0 Å². The van der Waals surface area contributed by atoms with Crippen LogP contribution in [0.4, 0.5) is 4.79 Å². The van der Waals surface area contributed by atoms with Crippen LogP contribution < -0.4 is 5.73 Å². The van der Waals surface area contributed by atoms with Gasteiger partial charge in [-0.1, -0.05) is 6.92 Å². The van der Waals surface area contributed by atoms with Crippen molar-refractivity contribution < 1.29 is 19.1 Å². The molecule has 122 valence electrons. The summed E-state index contributed by atoms with van der Waals surface area (Å²) < 4.78 is 11.3. The Hall–Kier alpha value is -1.30. The number of primary amides is 1. The fourth-order valence-corrected chi connectivity index (χ4v) is 2.46. The molecule has 0 aromatic heterocycles. The van der Waals surface area contributed by atoms with Gasteiger partial charge < -0.3 is 20.1 Å². The molecule has 1 heterocycles. The van der Waals surface area contributed by atoms with Gasteiger partial charge in [0.15, 0.2) is 0 Å². The topological polar surface area (TPSA) is 81.9 Å². The Morgan fingerprint density at radius 3 is 2.52 bits per heavy atom. The Kier molecular flexibility index (Phi) is 6.01. The maximum absolute atomic E-state index is 12.2. The molecule has 1 aliphatic rings. The molecule has 21 heavy (non-hydrogen) atoms. The lowest BCUT2D eigenvalue weighted by Crippen LogP contribution is -2.52. The second-order valence-electron chi connectivity index (χ2n) is 6.61. The summed E-state index contributed by atoms with van der Waals surface area (Å²) in [6, 6.07) is 0. The van der Waals surface area contributed by atoms with E-state index in [4.69, 9.17) is 15.2 Å². The van der Waals surface area contributed by atoms with E-state index in [1.165, 1.54) is 0 Å². The van der Waals surface area contributed by atoms with Crippen LogP contribution in [0.3, 0.4) is 0 Å². The van der Waals surface area contributed by atoms with Gasteiger partial charge in [0, 0.05) is 13.0 Å². The summed E-state index contributed by atoms with van der Waals surface area (Å²) in [6.07, 6.45) is 2.42. The lowest BCUT2D eigenvalue weighted by Gasteiger charge is -2.42. The first-order valence-corrected chi connectivity index (χ1v) is 7.58. The fraction of sp³-hybridized carbons (Fsp3) is 0.867. The third-order valence-corrected chi connectivity index (χ3v) is 3.59. The number of carbonyl (C=O) groups is 2. The zero-order valence-corrected chi connectivity index (χ0v) is 13.6. The SMILES string of the molecule is CCC1(OCCC(N)=O)CCCN(C(=O)OC(C)(C)C)C1. The van der Waals surface area contributed by atoms with Crippen LogP contribution in [0.1, 0.15) is 53.4 Å². The summed E-state index contributed by atoms with van der Waals surface area (Å²) in [4.78, 5) is 24.7. The van der Waals surface area contributed by atoms with Crippen LogP contribution in [0.2, 0.25) is 0 Å². The number of hydrogen-bond acceptors (Lipinski definition) is 4. The van der Waals surface area contributed by atoms with Crippen LogP contribution in [0, 0.1) is 0 Å². The molecule has 0 aromatic carbocycles. The minimum absolute atomic E-state index is 0.203. The summed E-state index contributed by atoms with van der Waals surface area (Å²) in [5.41, 5.74) is 4.23. The van der Waals surface area contributed by atoms with E-state index in [9.17, 15) is 9.59 Å². The van der Waals surface area contributed by atoms with Crippen molar-refractivity contribution in [3.63, 3.8) is 0 Å². The molecule has 2 N–H and O–H groups in total. The highest BCUT2D eigenvalue weighted by molar-refractivity contribution is 5.73. The Morgan fingerprint density at radius 1 is 1.33 bits per heavy atom. The second kappa shape index (κ2) is 7.11. The van der Waals surface area contributed by atoms with E-state index in [1.54, 1.807) is 4.90 Å². The molecule has 1 aliphatic heterocycles. The Labute approximate surface area is 126 Å². The van der Waals surface area contributed by atoms with E-state index in [1.807, 2.05) is 27.7 Å². The van der Waals surface area contributed by atoms with Crippen LogP contribution in [0.25, 0.3) is 0 Å². The lowest BCUT2D eigenvalue weighted by atomic mass is 9.90. The summed E-state index contributed by atoms with van der Waals surface area (Å²) >= 11 is 0. The molecule has 1 rings (SSSR count). The van der Waals surface area contributed by atoms with Crippen LogP contribution in [-0.4, -0.2) is 47.8 Å². The molecule has 0 bridgehead atoms. The summed E-state index contributed by atoms with van der Waals surface area (Å²) in [5.74, 6) is -0.374. The van der Waals surface area contributed by atoms with Gasteiger partial charge in [-0.3, -0.25) is 4.79 Å². The van der Waals surface area contributed by atoms with Crippen molar-refractivity contribution in [1.82, 2.24) is 4.90 Å². The van der Waals surface area contributed by atoms with Gasteiger partial charge in [0.2, 0.25) is 5.91 Å². The number of nitrogens with zero attached hydrogens (tertiary/aromatic N) is 1. The summed E-state index contributed by atoms with van der Waals surface area (Å²) in [5, 5.41) is 0. The largest absolute Gasteiger partial charge is 0.444 e. The van der Waals surface area contributed by atoms with Gasteiger partial charge in [0.05, 0.1) is 18.8 Å². The highest BCUT2D eigenvalue weighted by Gasteiger charge is 2.38. The number of hydrogen-bond donors (Lipinski definition) is 1. The highest BCUT2D eigenvalue weighted by atomic mass is 16.6. The van der Waals surface area contributed by atoms with Crippen molar-refractivity contribution in [2.24, 2.45) is 5.73 Å². The molecular formula is C15H28N2O4. The van der Waals surface area contributed by atoms with Crippen LogP contribution in [0.15, 0.2) is 0 Å². The lowest BCUT2D eigenvalue weighted by molar-refractivity contribution is -0.124. The van der Waals surface area contributed by atoms with E-state index < -0.39 is 11.2 Å². The van der Waals surface area contributed by atoms with Crippen molar-refractivity contribution in [3.05, 3.63) is 0 Å².